The zero-order valence-corrected chi connectivity index (χ0v) is 10.8. The Balaban J connectivity index is 2.29. The van der Waals surface area contributed by atoms with Crippen LogP contribution in [-0.2, 0) is 0 Å². The molecule has 0 atom stereocenters. The van der Waals surface area contributed by atoms with Crippen LogP contribution in [0.3, 0.4) is 0 Å². The van der Waals surface area contributed by atoms with Gasteiger partial charge < -0.3 is 0 Å². The van der Waals surface area contributed by atoms with Crippen LogP contribution in [-0.4, -0.2) is 0 Å². The molecule has 4 aromatic rings. The minimum Gasteiger partial charge on any atom is -0.200 e. The van der Waals surface area contributed by atoms with E-state index in [1.165, 1.54) is 6.07 Å². The third-order valence-electron chi connectivity index (χ3n) is 3.93. The molecule has 0 aliphatic rings. The van der Waals surface area contributed by atoms with Crippen molar-refractivity contribution < 1.29 is 13.2 Å². The van der Waals surface area contributed by atoms with Gasteiger partial charge in [-0.25, -0.2) is 4.39 Å². The fourth-order valence-electron chi connectivity index (χ4n) is 3.03. The van der Waals surface area contributed by atoms with Crippen LogP contribution in [0, 0.1) is 0 Å². The lowest BCUT2D eigenvalue weighted by Gasteiger charge is -2.12. The number of hydrogen-bond donors (Lipinski definition) is 0. The summed E-state index contributed by atoms with van der Waals surface area (Å²) >= 11 is 0. The van der Waals surface area contributed by atoms with Gasteiger partial charge in [0.1, 0.15) is 0 Å². The van der Waals surface area contributed by atoms with E-state index in [1.807, 2.05) is 36.4 Å². The van der Waals surface area contributed by atoms with E-state index < -0.39 is 11.9 Å². The molecule has 0 spiro atoms. The maximum absolute atomic E-state index is 13.7. The Hall–Kier alpha value is -2.55. The second-order valence-corrected chi connectivity index (χ2v) is 5.04. The minimum atomic E-state index is -2.29. The van der Waals surface area contributed by atoms with Gasteiger partial charge in [0, 0.05) is 5.56 Å². The van der Waals surface area contributed by atoms with Crippen molar-refractivity contribution in [3.8, 4) is 0 Å². The van der Waals surface area contributed by atoms with Crippen molar-refractivity contribution in [2.45, 2.75) is 0 Å². The maximum atomic E-state index is 13.7. The predicted octanol–water partition coefficient (Wildman–Crippen LogP) is 6.12. The molecule has 0 bridgehead atoms. The highest BCUT2D eigenvalue weighted by Crippen LogP contribution is 2.38. The molecule has 0 aromatic heterocycles. The van der Waals surface area contributed by atoms with Crippen LogP contribution in [0.2, 0.25) is 0 Å². The van der Waals surface area contributed by atoms with E-state index in [1.54, 1.807) is 12.1 Å². The molecule has 0 aliphatic heterocycles. The SMILES string of the molecule is FC(F)=C(F)c1ccc2ccc3cccc4ccc1c2c34. The largest absolute Gasteiger partial charge is 0.306 e. The molecule has 0 radical (unpaired) electrons. The predicted molar refractivity (Wildman–Crippen MR) is 80.4 cm³/mol. The summed E-state index contributed by atoms with van der Waals surface area (Å²) in [4.78, 5) is 0. The van der Waals surface area contributed by atoms with Crippen molar-refractivity contribution in [2.24, 2.45) is 0 Å². The molecule has 0 unspecified atom stereocenters. The van der Waals surface area contributed by atoms with Gasteiger partial charge in [0.2, 0.25) is 0 Å². The van der Waals surface area contributed by atoms with E-state index in [-0.39, 0.29) is 5.56 Å². The highest BCUT2D eigenvalue weighted by atomic mass is 19.3. The zero-order valence-electron chi connectivity index (χ0n) is 10.8. The second kappa shape index (κ2) is 4.22. The van der Waals surface area contributed by atoms with Crippen LogP contribution in [0.1, 0.15) is 5.56 Å². The van der Waals surface area contributed by atoms with Crippen LogP contribution in [0.4, 0.5) is 13.2 Å². The molecule has 0 N–H and O–H groups in total. The zero-order chi connectivity index (χ0) is 14.6. The Labute approximate surface area is 118 Å². The van der Waals surface area contributed by atoms with E-state index in [9.17, 15) is 13.2 Å². The first kappa shape index (κ1) is 12.2. The lowest BCUT2D eigenvalue weighted by Crippen LogP contribution is -1.88. The fourth-order valence-corrected chi connectivity index (χ4v) is 3.03. The number of halogens is 3. The lowest BCUT2D eigenvalue weighted by atomic mass is 9.92. The van der Waals surface area contributed by atoms with Crippen molar-refractivity contribution in [2.75, 3.05) is 0 Å². The van der Waals surface area contributed by atoms with E-state index in [0.717, 1.165) is 26.9 Å². The smallest absolute Gasteiger partial charge is 0.200 e. The first-order valence-electron chi connectivity index (χ1n) is 6.54. The molecule has 21 heavy (non-hydrogen) atoms. The second-order valence-electron chi connectivity index (χ2n) is 5.04. The Morgan fingerprint density at radius 3 is 1.86 bits per heavy atom. The number of hydrogen-bond acceptors (Lipinski definition) is 0. The summed E-state index contributed by atoms with van der Waals surface area (Å²) in [6.07, 6.45) is -2.29. The summed E-state index contributed by atoms with van der Waals surface area (Å²) < 4.78 is 39.0. The molecule has 3 heteroatoms. The molecule has 4 rings (SSSR count). The van der Waals surface area contributed by atoms with Crippen molar-refractivity contribution in [1.82, 2.24) is 0 Å². The third-order valence-corrected chi connectivity index (χ3v) is 3.93. The Bertz CT molecular complexity index is 995. The summed E-state index contributed by atoms with van der Waals surface area (Å²) in [5.41, 5.74) is -0.0549. The lowest BCUT2D eigenvalue weighted by molar-refractivity contribution is 0.410. The summed E-state index contributed by atoms with van der Waals surface area (Å²) in [6.45, 7) is 0. The van der Waals surface area contributed by atoms with Gasteiger partial charge in [-0.05, 0) is 32.3 Å². The molecule has 0 amide bonds. The molecule has 0 heterocycles. The molecule has 0 aliphatic carbocycles. The molecule has 4 aromatic carbocycles. The Kier molecular flexibility index (Phi) is 2.45. The summed E-state index contributed by atoms with van der Waals surface area (Å²) in [7, 11) is 0. The van der Waals surface area contributed by atoms with Crippen LogP contribution in [0.25, 0.3) is 38.1 Å². The normalized spacial score (nSPS) is 11.6. The van der Waals surface area contributed by atoms with Gasteiger partial charge >= 0.3 is 6.08 Å². The van der Waals surface area contributed by atoms with E-state index >= 15 is 0 Å². The molecule has 0 nitrogen and oxygen atoms in total. The van der Waals surface area contributed by atoms with Gasteiger partial charge in [0.25, 0.3) is 0 Å². The van der Waals surface area contributed by atoms with Crippen LogP contribution in [0.15, 0.2) is 60.7 Å². The van der Waals surface area contributed by atoms with Gasteiger partial charge in [0.05, 0.1) is 0 Å². The molecule has 102 valence electrons. The minimum absolute atomic E-state index is 0.0549. The maximum Gasteiger partial charge on any atom is 0.306 e. The van der Waals surface area contributed by atoms with Gasteiger partial charge in [0.15, 0.2) is 5.83 Å². The quantitative estimate of drug-likeness (QED) is 0.369. The van der Waals surface area contributed by atoms with E-state index in [4.69, 9.17) is 0 Å². The average Bonchev–Trinajstić information content (AvgIpc) is 2.51. The number of rotatable bonds is 1. The Morgan fingerprint density at radius 2 is 1.19 bits per heavy atom. The fraction of sp³-hybridized carbons (Fsp3) is 0. The first-order chi connectivity index (χ1) is 10.2. The van der Waals surface area contributed by atoms with Crippen LogP contribution >= 0.6 is 0 Å². The summed E-state index contributed by atoms with van der Waals surface area (Å²) in [5.74, 6) is -1.45. The van der Waals surface area contributed by atoms with Gasteiger partial charge in [-0.2, -0.15) is 8.78 Å². The number of benzene rings is 4. The monoisotopic (exact) mass is 282 g/mol. The van der Waals surface area contributed by atoms with Crippen molar-refractivity contribution in [1.29, 1.82) is 0 Å². The molecule has 0 saturated heterocycles. The highest BCUT2D eigenvalue weighted by molar-refractivity contribution is 6.24. The first-order valence-corrected chi connectivity index (χ1v) is 6.54. The van der Waals surface area contributed by atoms with Crippen molar-refractivity contribution in [3.05, 3.63) is 66.2 Å². The van der Waals surface area contributed by atoms with Gasteiger partial charge in [-0.3, -0.25) is 0 Å². The highest BCUT2D eigenvalue weighted by Gasteiger charge is 2.15. The summed E-state index contributed by atoms with van der Waals surface area (Å²) in [6, 6.07) is 16.5. The molecule has 0 fully saturated rings. The van der Waals surface area contributed by atoms with E-state index in [0.29, 0.717) is 5.39 Å². The third kappa shape index (κ3) is 1.64. The standard InChI is InChI=1S/C18H9F3/c19-17(18(20)21)14-9-7-12-5-4-10-2-1-3-11-6-8-13(14)16(12)15(10)11/h1-9H. The van der Waals surface area contributed by atoms with Crippen molar-refractivity contribution >= 4 is 38.1 Å². The van der Waals surface area contributed by atoms with Gasteiger partial charge in [-0.15, -0.1) is 0 Å². The van der Waals surface area contributed by atoms with Crippen LogP contribution < -0.4 is 0 Å². The molecular formula is C18H9F3. The topological polar surface area (TPSA) is 0 Å². The van der Waals surface area contributed by atoms with Crippen LogP contribution in [0.5, 0.6) is 0 Å². The van der Waals surface area contributed by atoms with Gasteiger partial charge in [-0.1, -0.05) is 54.6 Å². The van der Waals surface area contributed by atoms with E-state index in [2.05, 4.69) is 0 Å². The van der Waals surface area contributed by atoms with Crippen molar-refractivity contribution in [3.63, 3.8) is 0 Å². The molecule has 0 saturated carbocycles. The Morgan fingerprint density at radius 1 is 0.619 bits per heavy atom. The molecular weight excluding hydrogens is 273 g/mol. The summed E-state index contributed by atoms with van der Waals surface area (Å²) in [5, 5.41) is 5.30. The average molecular weight is 282 g/mol.